The van der Waals surface area contributed by atoms with Crippen LogP contribution in [0.5, 0.6) is 0 Å². The van der Waals surface area contributed by atoms with Crippen LogP contribution in [0.3, 0.4) is 0 Å². The van der Waals surface area contributed by atoms with Crippen molar-refractivity contribution in [3.63, 3.8) is 0 Å². The number of fused-ring (bicyclic) bond motifs is 1. The Labute approximate surface area is 152 Å². The van der Waals surface area contributed by atoms with Gasteiger partial charge >= 0.3 is 0 Å². The van der Waals surface area contributed by atoms with Crippen LogP contribution >= 0.6 is 0 Å². The quantitative estimate of drug-likeness (QED) is 0.778. The van der Waals surface area contributed by atoms with Gasteiger partial charge in [0.1, 0.15) is 0 Å². The van der Waals surface area contributed by atoms with E-state index in [1.54, 1.807) is 0 Å². The third-order valence-corrected chi connectivity index (χ3v) is 4.79. The van der Waals surface area contributed by atoms with E-state index in [2.05, 4.69) is 21.5 Å². The van der Waals surface area contributed by atoms with E-state index in [4.69, 9.17) is 4.52 Å². The van der Waals surface area contributed by atoms with E-state index in [9.17, 15) is 4.79 Å². The number of nitrogens with zero attached hydrogens (tertiary/aromatic N) is 2. The van der Waals surface area contributed by atoms with E-state index in [1.165, 1.54) is 29.5 Å². The Kier molecular flexibility index (Phi) is 4.52. The van der Waals surface area contributed by atoms with Crippen LogP contribution in [-0.4, -0.2) is 16.0 Å². The second-order valence-corrected chi connectivity index (χ2v) is 6.75. The van der Waals surface area contributed by atoms with Crippen molar-refractivity contribution < 1.29 is 9.32 Å². The first-order chi connectivity index (χ1) is 12.7. The maximum Gasteiger partial charge on any atom is 0.251 e. The Bertz CT molecular complexity index is 929. The van der Waals surface area contributed by atoms with Gasteiger partial charge in [0.05, 0.1) is 6.54 Å². The molecule has 0 bridgehead atoms. The molecule has 1 heterocycles. The summed E-state index contributed by atoms with van der Waals surface area (Å²) >= 11 is 0. The van der Waals surface area contributed by atoms with Crippen LogP contribution in [-0.2, 0) is 19.4 Å². The fourth-order valence-corrected chi connectivity index (χ4v) is 3.28. The van der Waals surface area contributed by atoms with Crippen LogP contribution < -0.4 is 5.32 Å². The number of aryl methyl sites for hydroxylation is 3. The highest BCUT2D eigenvalue weighted by Crippen LogP contribution is 2.22. The summed E-state index contributed by atoms with van der Waals surface area (Å²) in [5, 5.41) is 6.85. The van der Waals surface area contributed by atoms with Gasteiger partial charge in [-0.25, -0.2) is 0 Å². The lowest BCUT2D eigenvalue weighted by atomic mass is 9.90. The highest BCUT2D eigenvalue weighted by Gasteiger charge is 2.14. The third kappa shape index (κ3) is 3.52. The van der Waals surface area contributed by atoms with Crippen LogP contribution in [0.4, 0.5) is 0 Å². The molecule has 2 aromatic carbocycles. The van der Waals surface area contributed by atoms with Crippen LogP contribution in [0.1, 0.15) is 45.8 Å². The van der Waals surface area contributed by atoms with Crippen molar-refractivity contribution in [1.29, 1.82) is 0 Å². The number of carbonyl (C=O) groups is 1. The van der Waals surface area contributed by atoms with Gasteiger partial charge in [-0.2, -0.15) is 4.98 Å². The minimum absolute atomic E-state index is 0.117. The van der Waals surface area contributed by atoms with Gasteiger partial charge in [0.25, 0.3) is 5.91 Å². The molecule has 5 nitrogen and oxygen atoms in total. The van der Waals surface area contributed by atoms with Crippen molar-refractivity contribution in [3.8, 4) is 11.4 Å². The molecule has 0 saturated carbocycles. The van der Waals surface area contributed by atoms with Gasteiger partial charge in [-0.3, -0.25) is 4.79 Å². The lowest BCUT2D eigenvalue weighted by Crippen LogP contribution is -2.23. The smallest absolute Gasteiger partial charge is 0.251 e. The number of hydrogen-bond donors (Lipinski definition) is 1. The molecule has 26 heavy (non-hydrogen) atoms. The summed E-state index contributed by atoms with van der Waals surface area (Å²) in [6.45, 7) is 2.25. The van der Waals surface area contributed by atoms with Gasteiger partial charge in [-0.15, -0.1) is 0 Å². The van der Waals surface area contributed by atoms with Gasteiger partial charge < -0.3 is 9.84 Å². The lowest BCUT2D eigenvalue weighted by Gasteiger charge is -2.16. The average Bonchev–Trinajstić information content (AvgIpc) is 3.15. The van der Waals surface area contributed by atoms with E-state index in [1.807, 2.05) is 43.3 Å². The molecule has 1 aliphatic carbocycles. The second-order valence-electron chi connectivity index (χ2n) is 6.75. The number of hydrogen-bond acceptors (Lipinski definition) is 4. The molecule has 1 aromatic heterocycles. The summed E-state index contributed by atoms with van der Waals surface area (Å²) in [6, 6.07) is 13.9. The molecule has 0 saturated heterocycles. The predicted octanol–water partition coefficient (Wildman–Crippen LogP) is 3.85. The maximum atomic E-state index is 12.4. The van der Waals surface area contributed by atoms with Gasteiger partial charge in [0.15, 0.2) is 0 Å². The third-order valence-electron chi connectivity index (χ3n) is 4.79. The standard InChI is InChI=1S/C21H21N3O2/c1-14-6-8-16(9-7-14)20-23-19(26-24-20)13-22-21(25)18-11-10-15-4-2-3-5-17(15)12-18/h6-12H,2-5,13H2,1H3,(H,22,25). The number of aromatic nitrogens is 2. The molecule has 3 aromatic rings. The predicted molar refractivity (Wildman–Crippen MR) is 98.7 cm³/mol. The summed E-state index contributed by atoms with van der Waals surface area (Å²) < 4.78 is 5.25. The molecular weight excluding hydrogens is 326 g/mol. The number of rotatable bonds is 4. The minimum atomic E-state index is -0.117. The Morgan fingerprint density at radius 1 is 1.08 bits per heavy atom. The van der Waals surface area contributed by atoms with Crippen LogP contribution in [0, 0.1) is 6.92 Å². The maximum absolute atomic E-state index is 12.4. The van der Waals surface area contributed by atoms with Crippen molar-refractivity contribution in [3.05, 3.63) is 70.6 Å². The Balaban J connectivity index is 1.41. The van der Waals surface area contributed by atoms with Crippen LogP contribution in [0.15, 0.2) is 47.0 Å². The molecule has 4 rings (SSSR count). The van der Waals surface area contributed by atoms with Crippen molar-refractivity contribution >= 4 is 5.91 Å². The molecule has 1 N–H and O–H groups in total. The second kappa shape index (κ2) is 7.12. The molecule has 5 heteroatoms. The number of benzene rings is 2. The monoisotopic (exact) mass is 347 g/mol. The highest BCUT2D eigenvalue weighted by molar-refractivity contribution is 5.94. The first-order valence-corrected chi connectivity index (χ1v) is 8.99. The number of carbonyl (C=O) groups excluding carboxylic acids is 1. The lowest BCUT2D eigenvalue weighted by molar-refractivity contribution is 0.0946. The van der Waals surface area contributed by atoms with Gasteiger partial charge in [0.2, 0.25) is 11.7 Å². The number of nitrogens with one attached hydrogen (secondary N) is 1. The molecule has 0 spiro atoms. The zero-order valence-corrected chi connectivity index (χ0v) is 14.8. The van der Waals surface area contributed by atoms with Gasteiger partial charge in [-0.05, 0) is 55.9 Å². The zero-order chi connectivity index (χ0) is 17.9. The molecule has 0 aliphatic heterocycles. The first-order valence-electron chi connectivity index (χ1n) is 8.99. The molecule has 0 atom stereocenters. The fourth-order valence-electron chi connectivity index (χ4n) is 3.28. The van der Waals surface area contributed by atoms with Crippen molar-refractivity contribution in [1.82, 2.24) is 15.5 Å². The molecular formula is C21H21N3O2. The summed E-state index contributed by atoms with van der Waals surface area (Å²) in [7, 11) is 0. The fraction of sp³-hybridized carbons (Fsp3) is 0.286. The Morgan fingerprint density at radius 3 is 2.65 bits per heavy atom. The van der Waals surface area contributed by atoms with Gasteiger partial charge in [-0.1, -0.05) is 41.1 Å². The van der Waals surface area contributed by atoms with Crippen molar-refractivity contribution in [2.75, 3.05) is 0 Å². The van der Waals surface area contributed by atoms with E-state index in [0.717, 1.165) is 18.4 Å². The Hall–Kier alpha value is -2.95. The summed E-state index contributed by atoms with van der Waals surface area (Å²) in [4.78, 5) is 16.8. The molecule has 1 amide bonds. The Morgan fingerprint density at radius 2 is 1.85 bits per heavy atom. The summed E-state index contributed by atoms with van der Waals surface area (Å²) in [5.41, 5.74) is 5.42. The van der Waals surface area contributed by atoms with Crippen molar-refractivity contribution in [2.45, 2.75) is 39.2 Å². The summed E-state index contributed by atoms with van der Waals surface area (Å²) in [5.74, 6) is 0.809. The first kappa shape index (κ1) is 16.5. The summed E-state index contributed by atoms with van der Waals surface area (Å²) in [6.07, 6.45) is 4.60. The normalized spacial score (nSPS) is 13.3. The van der Waals surface area contributed by atoms with Crippen molar-refractivity contribution in [2.24, 2.45) is 0 Å². The largest absolute Gasteiger partial charge is 0.343 e. The zero-order valence-electron chi connectivity index (χ0n) is 14.8. The van der Waals surface area contributed by atoms with E-state index >= 15 is 0 Å². The minimum Gasteiger partial charge on any atom is -0.343 e. The van der Waals surface area contributed by atoms with E-state index in [-0.39, 0.29) is 12.5 Å². The molecule has 0 radical (unpaired) electrons. The molecule has 1 aliphatic rings. The van der Waals surface area contributed by atoms with Crippen LogP contribution in [0.2, 0.25) is 0 Å². The SMILES string of the molecule is Cc1ccc(-c2noc(CNC(=O)c3ccc4c(c3)CCCC4)n2)cc1. The number of amides is 1. The van der Waals surface area contributed by atoms with Crippen LogP contribution in [0.25, 0.3) is 11.4 Å². The van der Waals surface area contributed by atoms with E-state index < -0.39 is 0 Å². The highest BCUT2D eigenvalue weighted by atomic mass is 16.5. The average molecular weight is 347 g/mol. The molecule has 0 unspecified atom stereocenters. The van der Waals surface area contributed by atoms with E-state index in [0.29, 0.717) is 17.3 Å². The molecule has 132 valence electrons. The van der Waals surface area contributed by atoms with Gasteiger partial charge in [0, 0.05) is 11.1 Å². The molecule has 0 fully saturated rings. The topological polar surface area (TPSA) is 68.0 Å².